The number of hydrogen-bond acceptors (Lipinski definition) is 5. The van der Waals surface area contributed by atoms with Crippen molar-refractivity contribution < 1.29 is 9.90 Å². The van der Waals surface area contributed by atoms with Crippen molar-refractivity contribution >= 4 is 40.4 Å². The van der Waals surface area contributed by atoms with Crippen LogP contribution in [0.2, 0.25) is 0 Å². The van der Waals surface area contributed by atoms with Crippen molar-refractivity contribution in [2.24, 2.45) is 0 Å². The summed E-state index contributed by atoms with van der Waals surface area (Å²) in [5, 5.41) is 13.6. The van der Waals surface area contributed by atoms with Gasteiger partial charge in [-0.3, -0.25) is 0 Å². The standard InChI is InChI=1S/C11H11NO2S3/c1-2-15-6-10-12-8(5-17-10)9-3-7(4-16-9)11(13)14/h3-5H,2,6H2,1H3,(H,13,14). The van der Waals surface area contributed by atoms with Crippen molar-refractivity contribution in [3.8, 4) is 10.6 Å². The molecule has 0 fully saturated rings. The number of carboxylic acid groups (broad SMARTS) is 1. The Labute approximate surface area is 112 Å². The molecule has 0 aromatic carbocycles. The van der Waals surface area contributed by atoms with Crippen molar-refractivity contribution in [1.29, 1.82) is 0 Å². The SMILES string of the molecule is CCSCc1nc(-c2cc(C(=O)O)cs2)cs1. The van der Waals surface area contributed by atoms with E-state index >= 15 is 0 Å². The van der Waals surface area contributed by atoms with E-state index in [1.807, 2.05) is 17.1 Å². The second-order valence-corrected chi connectivity index (χ2v) is 6.40. The largest absolute Gasteiger partial charge is 0.478 e. The molecule has 0 aliphatic carbocycles. The third-order valence-corrected chi connectivity index (χ3v) is 4.95. The van der Waals surface area contributed by atoms with Crippen molar-refractivity contribution in [3.63, 3.8) is 0 Å². The highest BCUT2D eigenvalue weighted by Gasteiger charge is 2.10. The number of carbonyl (C=O) groups is 1. The zero-order valence-electron chi connectivity index (χ0n) is 9.17. The maximum absolute atomic E-state index is 10.8. The van der Waals surface area contributed by atoms with Crippen molar-refractivity contribution in [1.82, 2.24) is 4.98 Å². The van der Waals surface area contributed by atoms with Gasteiger partial charge in [-0.1, -0.05) is 6.92 Å². The molecule has 2 aromatic heterocycles. The average Bonchev–Trinajstić information content (AvgIpc) is 2.94. The van der Waals surface area contributed by atoms with Gasteiger partial charge in [-0.15, -0.1) is 22.7 Å². The molecule has 0 aliphatic heterocycles. The molecule has 0 aliphatic rings. The first-order valence-electron chi connectivity index (χ1n) is 5.05. The van der Waals surface area contributed by atoms with Gasteiger partial charge in [-0.25, -0.2) is 9.78 Å². The minimum atomic E-state index is -0.885. The minimum absolute atomic E-state index is 0.336. The zero-order valence-corrected chi connectivity index (χ0v) is 11.6. The molecule has 0 saturated heterocycles. The first-order valence-corrected chi connectivity index (χ1v) is 7.96. The third kappa shape index (κ3) is 3.08. The first-order chi connectivity index (χ1) is 8.20. The molecule has 6 heteroatoms. The Kier molecular flexibility index (Phi) is 4.20. The van der Waals surface area contributed by atoms with Crippen LogP contribution < -0.4 is 0 Å². The lowest BCUT2D eigenvalue weighted by molar-refractivity contribution is 0.0697. The highest BCUT2D eigenvalue weighted by molar-refractivity contribution is 7.98. The van der Waals surface area contributed by atoms with Crippen LogP contribution in [0.25, 0.3) is 10.6 Å². The van der Waals surface area contributed by atoms with E-state index in [0.29, 0.717) is 5.56 Å². The van der Waals surface area contributed by atoms with Gasteiger partial charge >= 0.3 is 5.97 Å². The van der Waals surface area contributed by atoms with E-state index in [2.05, 4.69) is 11.9 Å². The summed E-state index contributed by atoms with van der Waals surface area (Å²) in [6, 6.07) is 1.68. The van der Waals surface area contributed by atoms with E-state index in [4.69, 9.17) is 5.11 Å². The van der Waals surface area contributed by atoms with Crippen molar-refractivity contribution in [2.45, 2.75) is 12.7 Å². The van der Waals surface area contributed by atoms with Crippen LogP contribution in [-0.2, 0) is 5.75 Å². The molecule has 0 amide bonds. The number of thiazole rings is 1. The van der Waals surface area contributed by atoms with Crippen LogP contribution in [0.3, 0.4) is 0 Å². The minimum Gasteiger partial charge on any atom is -0.478 e. The van der Waals surface area contributed by atoms with E-state index in [-0.39, 0.29) is 0 Å². The van der Waals surface area contributed by atoms with Gasteiger partial charge in [-0.05, 0) is 11.8 Å². The molecule has 0 radical (unpaired) electrons. The van der Waals surface area contributed by atoms with Crippen LogP contribution in [0.4, 0.5) is 0 Å². The average molecular weight is 285 g/mol. The fourth-order valence-corrected chi connectivity index (χ4v) is 3.72. The number of thiophene rings is 1. The molecule has 0 atom stereocenters. The molecule has 0 spiro atoms. The maximum Gasteiger partial charge on any atom is 0.336 e. The summed E-state index contributed by atoms with van der Waals surface area (Å²) in [7, 11) is 0. The Morgan fingerprint density at radius 3 is 2.94 bits per heavy atom. The number of hydrogen-bond donors (Lipinski definition) is 1. The van der Waals surface area contributed by atoms with Crippen molar-refractivity contribution in [3.05, 3.63) is 27.4 Å². The zero-order chi connectivity index (χ0) is 12.3. The van der Waals surface area contributed by atoms with Crippen LogP contribution in [0, 0.1) is 0 Å². The Morgan fingerprint density at radius 1 is 1.47 bits per heavy atom. The van der Waals surface area contributed by atoms with E-state index in [0.717, 1.165) is 27.1 Å². The van der Waals surface area contributed by atoms with E-state index in [1.165, 1.54) is 11.3 Å². The number of carboxylic acids is 1. The lowest BCUT2D eigenvalue weighted by atomic mass is 10.3. The monoisotopic (exact) mass is 285 g/mol. The molecule has 2 heterocycles. The van der Waals surface area contributed by atoms with Crippen LogP contribution in [-0.4, -0.2) is 21.8 Å². The Morgan fingerprint density at radius 2 is 2.29 bits per heavy atom. The normalized spacial score (nSPS) is 10.6. The highest BCUT2D eigenvalue weighted by Crippen LogP contribution is 2.29. The summed E-state index contributed by atoms with van der Waals surface area (Å²) < 4.78 is 0. The maximum atomic E-state index is 10.8. The summed E-state index contributed by atoms with van der Waals surface area (Å²) >= 11 is 4.89. The van der Waals surface area contributed by atoms with Crippen LogP contribution in [0.5, 0.6) is 0 Å². The van der Waals surface area contributed by atoms with Gasteiger partial charge in [-0.2, -0.15) is 11.8 Å². The molecule has 3 nitrogen and oxygen atoms in total. The van der Waals surface area contributed by atoms with Crippen LogP contribution >= 0.6 is 34.4 Å². The topological polar surface area (TPSA) is 50.2 Å². The molecule has 1 N–H and O–H groups in total. The van der Waals surface area contributed by atoms with Gasteiger partial charge < -0.3 is 5.11 Å². The van der Waals surface area contributed by atoms with Gasteiger partial charge in [0.2, 0.25) is 0 Å². The highest BCUT2D eigenvalue weighted by atomic mass is 32.2. The summed E-state index contributed by atoms with van der Waals surface area (Å²) in [5.41, 5.74) is 1.22. The van der Waals surface area contributed by atoms with E-state index in [1.54, 1.807) is 22.8 Å². The Hall–Kier alpha value is -0.850. The smallest absolute Gasteiger partial charge is 0.336 e. The molecule has 2 aromatic rings. The molecular formula is C11H11NO2S3. The van der Waals surface area contributed by atoms with Crippen LogP contribution in [0.1, 0.15) is 22.3 Å². The number of aromatic nitrogens is 1. The molecule has 0 bridgehead atoms. The van der Waals surface area contributed by atoms with E-state index in [9.17, 15) is 4.79 Å². The lowest BCUT2D eigenvalue weighted by Gasteiger charge is -1.92. The van der Waals surface area contributed by atoms with Crippen molar-refractivity contribution in [2.75, 3.05) is 5.75 Å². The van der Waals surface area contributed by atoms with Gasteiger partial charge in [0.15, 0.2) is 0 Å². The molecule has 0 unspecified atom stereocenters. The summed E-state index contributed by atoms with van der Waals surface area (Å²) in [5.74, 6) is 1.12. The fourth-order valence-electron chi connectivity index (χ4n) is 1.26. The molecule has 2 rings (SSSR count). The Bertz CT molecular complexity index is 518. The number of nitrogens with zero attached hydrogens (tertiary/aromatic N) is 1. The second-order valence-electron chi connectivity index (χ2n) is 3.27. The van der Waals surface area contributed by atoms with Gasteiger partial charge in [0.1, 0.15) is 5.01 Å². The molecule has 0 saturated carbocycles. The van der Waals surface area contributed by atoms with E-state index < -0.39 is 5.97 Å². The fraction of sp³-hybridized carbons (Fsp3) is 0.273. The number of thioether (sulfide) groups is 1. The Balaban J connectivity index is 2.15. The second kappa shape index (κ2) is 5.66. The lowest BCUT2D eigenvalue weighted by Crippen LogP contribution is -1.91. The summed E-state index contributed by atoms with van der Waals surface area (Å²) in [6.07, 6.45) is 0. The number of aromatic carboxylic acids is 1. The quantitative estimate of drug-likeness (QED) is 0.907. The molecular weight excluding hydrogens is 274 g/mol. The predicted octanol–water partition coefficient (Wildman–Crippen LogP) is 3.82. The van der Waals surface area contributed by atoms with Gasteiger partial charge in [0.05, 0.1) is 16.1 Å². The first kappa shape index (κ1) is 12.6. The van der Waals surface area contributed by atoms with Crippen LogP contribution in [0.15, 0.2) is 16.8 Å². The number of rotatable bonds is 5. The summed E-state index contributed by atoms with van der Waals surface area (Å²) in [6.45, 7) is 2.12. The predicted molar refractivity (Wildman–Crippen MR) is 74.2 cm³/mol. The van der Waals surface area contributed by atoms with Gasteiger partial charge in [0.25, 0.3) is 0 Å². The summed E-state index contributed by atoms with van der Waals surface area (Å²) in [4.78, 5) is 16.2. The van der Waals surface area contributed by atoms with Gasteiger partial charge in [0, 0.05) is 16.5 Å². The third-order valence-electron chi connectivity index (χ3n) is 2.08. The molecule has 17 heavy (non-hydrogen) atoms. The molecule has 90 valence electrons.